The number of carbonyl (C=O) groups excluding carboxylic acids is 1. The Hall–Kier alpha value is -3.62. The largest absolute Gasteiger partial charge is 0.383 e. The first kappa shape index (κ1) is 25.0. The molecule has 3 aromatic rings. The third-order valence-corrected chi connectivity index (χ3v) is 6.03. The summed E-state index contributed by atoms with van der Waals surface area (Å²) in [7, 11) is 0. The van der Waals surface area contributed by atoms with Gasteiger partial charge in [0.1, 0.15) is 5.82 Å². The average molecular weight is 467 g/mol. The number of anilines is 2. The maximum Gasteiger partial charge on any atom is 0.330 e. The lowest BCUT2D eigenvalue weighted by molar-refractivity contribution is 0.0985. The maximum absolute atomic E-state index is 13.8. The van der Waals surface area contributed by atoms with E-state index >= 15 is 0 Å². The summed E-state index contributed by atoms with van der Waals surface area (Å²) in [6.45, 7) is 8.55. The predicted octanol–water partition coefficient (Wildman–Crippen LogP) is 3.56. The number of nitrogens with zero attached hydrogens (tertiary/aromatic N) is 4. The van der Waals surface area contributed by atoms with Crippen LogP contribution in [0.4, 0.5) is 11.5 Å². The van der Waals surface area contributed by atoms with Crippen LogP contribution in [-0.4, -0.2) is 31.8 Å². The van der Waals surface area contributed by atoms with Crippen molar-refractivity contribution in [3.05, 3.63) is 68.1 Å². The van der Waals surface area contributed by atoms with Crippen molar-refractivity contribution in [2.24, 2.45) is 0 Å². The van der Waals surface area contributed by atoms with E-state index in [1.807, 2.05) is 45.0 Å². The van der Waals surface area contributed by atoms with Gasteiger partial charge in [-0.2, -0.15) is 5.10 Å². The second-order valence-corrected chi connectivity index (χ2v) is 8.50. The van der Waals surface area contributed by atoms with Gasteiger partial charge in [0.15, 0.2) is 5.69 Å². The number of aromatic nitrogens is 4. The van der Waals surface area contributed by atoms with E-state index in [-0.39, 0.29) is 17.4 Å². The van der Waals surface area contributed by atoms with E-state index < -0.39 is 11.2 Å². The van der Waals surface area contributed by atoms with E-state index in [0.717, 1.165) is 36.9 Å². The van der Waals surface area contributed by atoms with Crippen LogP contribution < -0.4 is 21.9 Å². The summed E-state index contributed by atoms with van der Waals surface area (Å²) in [6.07, 6.45) is 5.64. The molecule has 3 rings (SSSR count). The third kappa shape index (κ3) is 4.98. The van der Waals surface area contributed by atoms with Gasteiger partial charge < -0.3 is 10.6 Å². The monoisotopic (exact) mass is 466 g/mol. The van der Waals surface area contributed by atoms with Gasteiger partial charge in [-0.25, -0.2) is 9.48 Å². The number of carbonyl (C=O) groups is 1. The van der Waals surface area contributed by atoms with E-state index in [2.05, 4.69) is 17.0 Å². The van der Waals surface area contributed by atoms with E-state index in [4.69, 9.17) is 5.73 Å². The fraction of sp³-hybridized carbons (Fsp3) is 0.440. The first-order valence-electron chi connectivity index (χ1n) is 11.9. The fourth-order valence-corrected chi connectivity index (χ4v) is 4.02. The minimum absolute atomic E-state index is 0.0102. The first-order chi connectivity index (χ1) is 16.3. The Morgan fingerprint density at radius 1 is 1.09 bits per heavy atom. The number of unbranched alkanes of at least 4 members (excludes halogenated alkanes) is 3. The number of aryl methyl sites for hydroxylation is 1. The lowest BCUT2D eigenvalue weighted by Gasteiger charge is -2.24. The summed E-state index contributed by atoms with van der Waals surface area (Å²) in [5, 5.41) is 4.45. The molecule has 0 aliphatic heterocycles. The van der Waals surface area contributed by atoms with Crippen LogP contribution in [0.1, 0.15) is 67.6 Å². The van der Waals surface area contributed by atoms with Crippen LogP contribution in [0.2, 0.25) is 0 Å². The number of hydrogen-bond donors (Lipinski definition) is 2. The molecule has 182 valence electrons. The molecule has 9 nitrogen and oxygen atoms in total. The number of benzene rings is 1. The quantitative estimate of drug-likeness (QED) is 0.443. The van der Waals surface area contributed by atoms with E-state index in [9.17, 15) is 14.4 Å². The average Bonchev–Trinajstić information content (AvgIpc) is 3.18. The molecule has 2 heterocycles. The minimum Gasteiger partial charge on any atom is -0.383 e. The highest BCUT2D eigenvalue weighted by molar-refractivity contribution is 6.07. The molecule has 0 saturated heterocycles. The number of aromatic amines is 1. The van der Waals surface area contributed by atoms with Crippen molar-refractivity contribution in [1.82, 2.24) is 19.3 Å². The molecule has 1 aromatic carbocycles. The summed E-state index contributed by atoms with van der Waals surface area (Å²) >= 11 is 0. The number of rotatable bonds is 10. The Morgan fingerprint density at radius 2 is 1.79 bits per heavy atom. The number of nitrogen functional groups attached to an aromatic ring is 1. The molecule has 9 heteroatoms. The van der Waals surface area contributed by atoms with Gasteiger partial charge in [0, 0.05) is 13.1 Å². The zero-order chi connectivity index (χ0) is 24.8. The van der Waals surface area contributed by atoms with Crippen LogP contribution in [0.25, 0.3) is 5.69 Å². The van der Waals surface area contributed by atoms with Crippen LogP contribution >= 0.6 is 0 Å². The molecular weight excluding hydrogens is 432 g/mol. The molecule has 1 amide bonds. The Kier molecular flexibility index (Phi) is 8.09. The summed E-state index contributed by atoms with van der Waals surface area (Å²) in [5.74, 6) is -0.359. The van der Waals surface area contributed by atoms with Crippen LogP contribution in [-0.2, 0) is 6.54 Å². The second-order valence-electron chi connectivity index (χ2n) is 8.50. The molecule has 0 atom stereocenters. The minimum atomic E-state index is -0.663. The number of nitrogens with two attached hydrogens (primary N) is 1. The maximum atomic E-state index is 13.8. The van der Waals surface area contributed by atoms with Crippen molar-refractivity contribution in [3.8, 4) is 5.69 Å². The zero-order valence-corrected chi connectivity index (χ0v) is 20.4. The van der Waals surface area contributed by atoms with Crippen molar-refractivity contribution in [2.75, 3.05) is 17.2 Å². The summed E-state index contributed by atoms with van der Waals surface area (Å²) in [4.78, 5) is 42.8. The Balaban J connectivity index is 2.10. The van der Waals surface area contributed by atoms with Crippen LogP contribution in [0.15, 0.2) is 40.1 Å². The molecule has 0 saturated carbocycles. The fourth-order valence-electron chi connectivity index (χ4n) is 4.02. The highest BCUT2D eigenvalue weighted by Crippen LogP contribution is 2.24. The van der Waals surface area contributed by atoms with Crippen molar-refractivity contribution in [3.63, 3.8) is 0 Å². The highest BCUT2D eigenvalue weighted by atomic mass is 16.2. The zero-order valence-electron chi connectivity index (χ0n) is 20.4. The molecule has 2 aromatic heterocycles. The third-order valence-electron chi connectivity index (χ3n) is 6.03. The van der Waals surface area contributed by atoms with E-state index in [1.54, 1.807) is 4.68 Å². The first-order valence-corrected chi connectivity index (χ1v) is 11.9. The van der Waals surface area contributed by atoms with Crippen molar-refractivity contribution >= 4 is 17.4 Å². The standard InChI is InChI=1S/C25H34N6O3/c1-5-7-11-15-29(21-22(26)30(14-8-6-2)25(34)28-23(21)32)24(33)19-16-27-31(18(19)4)20-13-10-9-12-17(20)3/h9-10,12-13,16H,5-8,11,14-15,26H2,1-4H3,(H,28,32,34). The SMILES string of the molecule is CCCCCN(C(=O)c1cnn(-c2ccccc2C)c1C)c1c(N)n(CCCC)c(=O)[nH]c1=O. The molecular formula is C25H34N6O3. The van der Waals surface area contributed by atoms with Gasteiger partial charge in [-0.05, 0) is 38.3 Å². The number of amides is 1. The van der Waals surface area contributed by atoms with Gasteiger partial charge in [-0.1, -0.05) is 51.3 Å². The number of hydrogen-bond acceptors (Lipinski definition) is 5. The van der Waals surface area contributed by atoms with Gasteiger partial charge in [-0.3, -0.25) is 19.1 Å². The lowest BCUT2D eigenvalue weighted by atomic mass is 10.1. The second kappa shape index (κ2) is 11.0. The van der Waals surface area contributed by atoms with Crippen molar-refractivity contribution in [2.45, 2.75) is 66.3 Å². The molecule has 0 spiro atoms. The Morgan fingerprint density at radius 3 is 2.47 bits per heavy atom. The van der Waals surface area contributed by atoms with Crippen LogP contribution in [0, 0.1) is 13.8 Å². The molecule has 34 heavy (non-hydrogen) atoms. The van der Waals surface area contributed by atoms with Crippen LogP contribution in [0.3, 0.4) is 0 Å². The summed E-state index contributed by atoms with van der Waals surface area (Å²) in [5.41, 5.74) is 8.06. The Labute approximate surface area is 199 Å². The number of H-pyrrole nitrogens is 1. The molecule has 0 fully saturated rings. The number of nitrogens with one attached hydrogen (secondary N) is 1. The lowest BCUT2D eigenvalue weighted by Crippen LogP contribution is -2.41. The van der Waals surface area contributed by atoms with Crippen molar-refractivity contribution in [1.29, 1.82) is 0 Å². The van der Waals surface area contributed by atoms with Gasteiger partial charge >= 0.3 is 5.69 Å². The van der Waals surface area contributed by atoms with Gasteiger partial charge in [0.25, 0.3) is 11.5 Å². The summed E-state index contributed by atoms with van der Waals surface area (Å²) in [6, 6.07) is 7.78. The van der Waals surface area contributed by atoms with Gasteiger partial charge in [0.05, 0.1) is 23.1 Å². The number of para-hydroxylation sites is 1. The Bertz CT molecular complexity index is 1270. The van der Waals surface area contributed by atoms with Crippen molar-refractivity contribution < 1.29 is 4.79 Å². The summed E-state index contributed by atoms with van der Waals surface area (Å²) < 4.78 is 3.06. The molecule has 0 radical (unpaired) electrons. The smallest absolute Gasteiger partial charge is 0.330 e. The molecule has 3 N–H and O–H groups in total. The van der Waals surface area contributed by atoms with Gasteiger partial charge in [0.2, 0.25) is 0 Å². The van der Waals surface area contributed by atoms with Crippen LogP contribution in [0.5, 0.6) is 0 Å². The molecule has 0 aliphatic carbocycles. The molecule has 0 aliphatic rings. The highest BCUT2D eigenvalue weighted by Gasteiger charge is 2.27. The van der Waals surface area contributed by atoms with Gasteiger partial charge in [-0.15, -0.1) is 0 Å². The topological polar surface area (TPSA) is 119 Å². The van der Waals surface area contributed by atoms with E-state index in [0.29, 0.717) is 30.8 Å². The molecule has 0 unspecified atom stereocenters. The predicted molar refractivity (Wildman–Crippen MR) is 135 cm³/mol. The van der Waals surface area contributed by atoms with E-state index in [1.165, 1.54) is 15.7 Å². The molecule has 0 bridgehead atoms. The normalized spacial score (nSPS) is 11.1.